The molecule has 0 bridgehead atoms. The van der Waals surface area contributed by atoms with Gasteiger partial charge in [0.2, 0.25) is 0 Å². The Labute approximate surface area is 149 Å². The van der Waals surface area contributed by atoms with Gasteiger partial charge >= 0.3 is 0 Å². The number of ether oxygens (including phenoxy) is 1. The lowest BCUT2D eigenvalue weighted by Crippen LogP contribution is -2.24. The lowest BCUT2D eigenvalue weighted by Gasteiger charge is -2.15. The van der Waals surface area contributed by atoms with Crippen LogP contribution in [0.15, 0.2) is 36.7 Å². The third kappa shape index (κ3) is 2.94. The molecule has 0 saturated carbocycles. The zero-order valence-electron chi connectivity index (χ0n) is 13.9. The fraction of sp³-hybridized carbons (Fsp3) is 0.278. The highest BCUT2D eigenvalue weighted by molar-refractivity contribution is 5.84. The smallest absolute Gasteiger partial charge is 0.168 e. The van der Waals surface area contributed by atoms with Crippen molar-refractivity contribution in [3.8, 4) is 0 Å². The predicted octanol–water partition coefficient (Wildman–Crippen LogP) is 1.22. The van der Waals surface area contributed by atoms with Gasteiger partial charge < -0.3 is 20.7 Å². The molecule has 0 aliphatic carbocycles. The Kier molecular flexibility index (Phi) is 4.37. The van der Waals surface area contributed by atoms with Crippen molar-refractivity contribution in [3.05, 3.63) is 48.0 Å². The van der Waals surface area contributed by atoms with Gasteiger partial charge in [-0.1, -0.05) is 36.4 Å². The fourth-order valence-corrected chi connectivity index (χ4v) is 3.12. The van der Waals surface area contributed by atoms with Crippen molar-refractivity contribution in [2.24, 2.45) is 0 Å². The Morgan fingerprint density at radius 3 is 2.77 bits per heavy atom. The number of aliphatic hydroxyl groups excluding tert-OH is 2. The lowest BCUT2D eigenvalue weighted by atomic mass is 10.2. The number of anilines is 1. The van der Waals surface area contributed by atoms with Crippen LogP contribution in [0.1, 0.15) is 24.0 Å². The van der Waals surface area contributed by atoms with E-state index in [0.717, 1.165) is 5.56 Å². The molecule has 4 rings (SSSR count). The van der Waals surface area contributed by atoms with Gasteiger partial charge in [-0.05, 0) is 11.6 Å². The Balaban J connectivity index is 1.79. The maximum Gasteiger partial charge on any atom is 0.168 e. The first kappa shape index (κ1) is 16.6. The summed E-state index contributed by atoms with van der Waals surface area (Å²) in [5.74, 6) is 0.868. The highest BCUT2D eigenvalue weighted by Crippen LogP contribution is 2.33. The lowest BCUT2D eigenvalue weighted by molar-refractivity contribution is -0.0434. The van der Waals surface area contributed by atoms with Gasteiger partial charge in [-0.3, -0.25) is 4.57 Å². The van der Waals surface area contributed by atoms with Gasteiger partial charge in [0.1, 0.15) is 24.5 Å². The molecule has 3 atom stereocenters. The number of aromatic nitrogens is 4. The molecule has 134 valence electrons. The van der Waals surface area contributed by atoms with Crippen LogP contribution in [-0.4, -0.2) is 48.5 Å². The molecule has 0 amide bonds. The quantitative estimate of drug-likeness (QED) is 0.645. The van der Waals surface area contributed by atoms with Crippen LogP contribution in [0.2, 0.25) is 0 Å². The fourth-order valence-electron chi connectivity index (χ4n) is 3.12. The number of aliphatic hydroxyl groups is 2. The van der Waals surface area contributed by atoms with E-state index in [1.807, 2.05) is 42.5 Å². The molecule has 2 aromatic heterocycles. The molecule has 1 aliphatic rings. The van der Waals surface area contributed by atoms with Gasteiger partial charge in [-0.2, -0.15) is 0 Å². The molecule has 8 heteroatoms. The number of nitrogens with zero attached hydrogens (tertiary/aromatic N) is 4. The molecule has 1 saturated heterocycles. The molecule has 4 N–H and O–H groups in total. The molecule has 0 spiro atoms. The highest BCUT2D eigenvalue weighted by atomic mass is 16.5. The molecule has 3 aromatic rings. The van der Waals surface area contributed by atoms with Crippen molar-refractivity contribution in [1.82, 2.24) is 19.5 Å². The predicted molar refractivity (Wildman–Crippen MR) is 96.7 cm³/mol. The number of nitrogen functional groups attached to an aromatic ring is 1. The van der Waals surface area contributed by atoms with Crippen LogP contribution in [0.4, 0.5) is 5.82 Å². The van der Waals surface area contributed by atoms with Gasteiger partial charge in [0.25, 0.3) is 0 Å². The molecule has 1 aromatic carbocycles. The topological polar surface area (TPSA) is 119 Å². The van der Waals surface area contributed by atoms with Crippen LogP contribution in [0.3, 0.4) is 0 Å². The van der Waals surface area contributed by atoms with E-state index in [1.54, 1.807) is 4.57 Å². The minimum Gasteiger partial charge on any atom is -0.394 e. The van der Waals surface area contributed by atoms with E-state index in [-0.39, 0.29) is 12.4 Å². The first-order valence-corrected chi connectivity index (χ1v) is 8.33. The summed E-state index contributed by atoms with van der Waals surface area (Å²) < 4.78 is 7.58. The monoisotopic (exact) mass is 353 g/mol. The average molecular weight is 353 g/mol. The summed E-state index contributed by atoms with van der Waals surface area (Å²) in [7, 11) is 0. The second kappa shape index (κ2) is 6.83. The SMILES string of the molecule is Nc1ncnc2c1nc(/C=C/c1ccccc1)n2[C@H]1C[C@H](O)[C@@H](CO)O1. The summed E-state index contributed by atoms with van der Waals surface area (Å²) in [6.45, 7) is -0.253. The average Bonchev–Trinajstić information content (AvgIpc) is 3.21. The Morgan fingerprint density at radius 2 is 2.04 bits per heavy atom. The minimum atomic E-state index is -0.757. The summed E-state index contributed by atoms with van der Waals surface area (Å²) in [6.07, 6.45) is 3.57. The van der Waals surface area contributed by atoms with Gasteiger partial charge in [-0.25, -0.2) is 15.0 Å². The summed E-state index contributed by atoms with van der Waals surface area (Å²) in [6, 6.07) is 9.82. The van der Waals surface area contributed by atoms with Gasteiger partial charge in [0.15, 0.2) is 17.0 Å². The van der Waals surface area contributed by atoms with E-state index in [1.165, 1.54) is 6.33 Å². The van der Waals surface area contributed by atoms with E-state index in [4.69, 9.17) is 10.5 Å². The Hall–Kier alpha value is -2.81. The standard InChI is InChI=1S/C18H19N5O3/c19-17-16-18(21-10-20-17)23(15-8-12(25)13(9-24)26-15)14(22-16)7-6-11-4-2-1-3-5-11/h1-7,10,12-13,15,24-25H,8-9H2,(H2,19,20,21)/b7-6+/t12-,13+,15+/m0/s1. The van der Waals surface area contributed by atoms with Crippen LogP contribution in [-0.2, 0) is 4.74 Å². The van der Waals surface area contributed by atoms with Gasteiger partial charge in [-0.15, -0.1) is 0 Å². The number of imidazole rings is 1. The first-order valence-electron chi connectivity index (χ1n) is 8.33. The van der Waals surface area contributed by atoms with Crippen LogP contribution in [0.5, 0.6) is 0 Å². The summed E-state index contributed by atoms with van der Waals surface area (Å²) in [4.78, 5) is 12.8. The summed E-state index contributed by atoms with van der Waals surface area (Å²) >= 11 is 0. The molecular formula is C18H19N5O3. The van der Waals surface area contributed by atoms with Crippen molar-refractivity contribution in [3.63, 3.8) is 0 Å². The largest absolute Gasteiger partial charge is 0.394 e. The zero-order chi connectivity index (χ0) is 18.1. The molecule has 0 radical (unpaired) electrons. The van der Waals surface area contributed by atoms with Gasteiger partial charge in [0.05, 0.1) is 12.7 Å². The Bertz CT molecular complexity index is 941. The molecule has 1 fully saturated rings. The third-order valence-electron chi connectivity index (χ3n) is 4.43. The van der Waals surface area contributed by atoms with Crippen molar-refractivity contribution in [2.75, 3.05) is 12.3 Å². The van der Waals surface area contributed by atoms with Crippen molar-refractivity contribution < 1.29 is 14.9 Å². The zero-order valence-corrected chi connectivity index (χ0v) is 13.9. The summed E-state index contributed by atoms with van der Waals surface area (Å²) in [5, 5.41) is 19.5. The highest BCUT2D eigenvalue weighted by Gasteiger charge is 2.36. The summed E-state index contributed by atoms with van der Waals surface area (Å²) in [5.41, 5.74) is 7.97. The second-order valence-corrected chi connectivity index (χ2v) is 6.13. The van der Waals surface area contributed by atoms with Crippen LogP contribution < -0.4 is 5.73 Å². The molecule has 8 nitrogen and oxygen atoms in total. The van der Waals surface area contributed by atoms with E-state index in [2.05, 4.69) is 15.0 Å². The number of hydrogen-bond acceptors (Lipinski definition) is 7. The second-order valence-electron chi connectivity index (χ2n) is 6.13. The first-order chi connectivity index (χ1) is 12.7. The molecule has 1 aliphatic heterocycles. The molecular weight excluding hydrogens is 334 g/mol. The third-order valence-corrected chi connectivity index (χ3v) is 4.43. The maximum absolute atomic E-state index is 10.1. The number of rotatable bonds is 4. The molecule has 26 heavy (non-hydrogen) atoms. The normalized spacial score (nSPS) is 23.2. The maximum atomic E-state index is 10.1. The van der Waals surface area contributed by atoms with E-state index < -0.39 is 18.4 Å². The minimum absolute atomic E-state index is 0.253. The van der Waals surface area contributed by atoms with E-state index in [0.29, 0.717) is 23.4 Å². The number of benzene rings is 1. The van der Waals surface area contributed by atoms with Crippen LogP contribution >= 0.6 is 0 Å². The van der Waals surface area contributed by atoms with Crippen LogP contribution in [0, 0.1) is 0 Å². The van der Waals surface area contributed by atoms with E-state index in [9.17, 15) is 10.2 Å². The van der Waals surface area contributed by atoms with Crippen LogP contribution in [0.25, 0.3) is 23.3 Å². The Morgan fingerprint density at radius 1 is 1.23 bits per heavy atom. The number of fused-ring (bicyclic) bond motifs is 1. The van der Waals surface area contributed by atoms with Crippen molar-refractivity contribution in [2.45, 2.75) is 24.9 Å². The van der Waals surface area contributed by atoms with E-state index >= 15 is 0 Å². The van der Waals surface area contributed by atoms with Crippen molar-refractivity contribution >= 4 is 29.1 Å². The molecule has 3 heterocycles. The molecule has 0 unspecified atom stereocenters. The van der Waals surface area contributed by atoms with Crippen molar-refractivity contribution in [1.29, 1.82) is 0 Å². The number of hydrogen-bond donors (Lipinski definition) is 3. The number of nitrogens with two attached hydrogens (primary N) is 1. The van der Waals surface area contributed by atoms with Gasteiger partial charge in [0, 0.05) is 6.42 Å².